The number of hydrogen-bond donors (Lipinski definition) is 0. The van der Waals surface area contributed by atoms with Gasteiger partial charge in [0.15, 0.2) is 0 Å². The Bertz CT molecular complexity index is 462. The average molecular weight is 230 g/mol. The SMILES string of the molecule is CCC(C)(C#N)C(=O)N(C)c1ccccc1C. The van der Waals surface area contributed by atoms with Crippen LogP contribution in [-0.4, -0.2) is 13.0 Å². The molecule has 0 heterocycles. The van der Waals surface area contributed by atoms with Crippen LogP contribution in [0.3, 0.4) is 0 Å². The van der Waals surface area contributed by atoms with Gasteiger partial charge in [0.05, 0.1) is 6.07 Å². The van der Waals surface area contributed by atoms with Crippen LogP contribution in [0.1, 0.15) is 25.8 Å². The van der Waals surface area contributed by atoms with Crippen LogP contribution in [-0.2, 0) is 4.79 Å². The van der Waals surface area contributed by atoms with Gasteiger partial charge in [0.2, 0.25) is 5.91 Å². The highest BCUT2D eigenvalue weighted by Gasteiger charge is 2.34. The van der Waals surface area contributed by atoms with E-state index in [1.807, 2.05) is 38.1 Å². The number of nitriles is 1. The zero-order valence-electron chi connectivity index (χ0n) is 10.8. The molecular formula is C14H18N2O. The van der Waals surface area contributed by atoms with Crippen molar-refractivity contribution < 1.29 is 4.79 Å². The summed E-state index contributed by atoms with van der Waals surface area (Å²) < 4.78 is 0. The number of aryl methyl sites for hydroxylation is 1. The molecule has 0 N–H and O–H groups in total. The normalized spacial score (nSPS) is 13.6. The van der Waals surface area contributed by atoms with Crippen LogP contribution in [0.4, 0.5) is 5.69 Å². The maximum atomic E-state index is 12.3. The Morgan fingerprint density at radius 1 is 1.47 bits per heavy atom. The zero-order valence-corrected chi connectivity index (χ0v) is 10.8. The molecular weight excluding hydrogens is 212 g/mol. The topological polar surface area (TPSA) is 44.1 Å². The maximum absolute atomic E-state index is 12.3. The Kier molecular flexibility index (Phi) is 3.90. The molecule has 1 atom stereocenters. The summed E-state index contributed by atoms with van der Waals surface area (Å²) in [6.07, 6.45) is 0.512. The van der Waals surface area contributed by atoms with Crippen molar-refractivity contribution in [3.8, 4) is 6.07 Å². The van der Waals surface area contributed by atoms with Crippen molar-refractivity contribution in [1.82, 2.24) is 0 Å². The third kappa shape index (κ3) is 2.47. The molecule has 0 aromatic heterocycles. The fourth-order valence-electron chi connectivity index (χ4n) is 1.70. The largest absolute Gasteiger partial charge is 0.314 e. The van der Waals surface area contributed by atoms with Gasteiger partial charge in [0.1, 0.15) is 5.41 Å². The lowest BCUT2D eigenvalue weighted by atomic mass is 9.87. The summed E-state index contributed by atoms with van der Waals surface area (Å²) in [5.41, 5.74) is 0.934. The Morgan fingerprint density at radius 2 is 2.06 bits per heavy atom. The van der Waals surface area contributed by atoms with Crippen LogP contribution in [0, 0.1) is 23.7 Å². The minimum atomic E-state index is -0.947. The molecule has 1 rings (SSSR count). The van der Waals surface area contributed by atoms with Crippen LogP contribution in [0.25, 0.3) is 0 Å². The number of rotatable bonds is 3. The molecule has 0 aliphatic rings. The van der Waals surface area contributed by atoms with Gasteiger partial charge in [-0.05, 0) is 31.9 Å². The Balaban J connectivity index is 3.08. The highest BCUT2D eigenvalue weighted by Crippen LogP contribution is 2.27. The summed E-state index contributed by atoms with van der Waals surface area (Å²) in [7, 11) is 1.72. The molecule has 0 bridgehead atoms. The fourth-order valence-corrected chi connectivity index (χ4v) is 1.70. The summed E-state index contributed by atoms with van der Waals surface area (Å²) in [6, 6.07) is 9.77. The quantitative estimate of drug-likeness (QED) is 0.801. The lowest BCUT2D eigenvalue weighted by Gasteiger charge is -2.27. The van der Waals surface area contributed by atoms with Crippen molar-refractivity contribution in [2.45, 2.75) is 27.2 Å². The van der Waals surface area contributed by atoms with E-state index < -0.39 is 5.41 Å². The molecule has 0 aliphatic carbocycles. The predicted octanol–water partition coefficient (Wildman–Crippen LogP) is 2.90. The van der Waals surface area contributed by atoms with Crippen molar-refractivity contribution in [3.05, 3.63) is 29.8 Å². The number of hydrogen-bond acceptors (Lipinski definition) is 2. The monoisotopic (exact) mass is 230 g/mol. The van der Waals surface area contributed by atoms with Crippen LogP contribution in [0.2, 0.25) is 0 Å². The number of benzene rings is 1. The number of para-hydroxylation sites is 1. The second kappa shape index (κ2) is 5.01. The van der Waals surface area contributed by atoms with E-state index in [4.69, 9.17) is 5.26 Å². The molecule has 90 valence electrons. The molecule has 1 aromatic carbocycles. The van der Waals surface area contributed by atoms with E-state index in [1.165, 1.54) is 0 Å². The highest BCUT2D eigenvalue weighted by atomic mass is 16.2. The van der Waals surface area contributed by atoms with Gasteiger partial charge in [-0.15, -0.1) is 0 Å². The van der Waals surface area contributed by atoms with E-state index in [1.54, 1.807) is 18.9 Å². The van der Waals surface area contributed by atoms with E-state index in [0.29, 0.717) is 6.42 Å². The Labute approximate surface area is 103 Å². The van der Waals surface area contributed by atoms with E-state index in [-0.39, 0.29) is 5.91 Å². The smallest absolute Gasteiger partial charge is 0.246 e. The van der Waals surface area contributed by atoms with Gasteiger partial charge in [0, 0.05) is 12.7 Å². The highest BCUT2D eigenvalue weighted by molar-refractivity contribution is 5.99. The maximum Gasteiger partial charge on any atom is 0.246 e. The van der Waals surface area contributed by atoms with Gasteiger partial charge in [-0.3, -0.25) is 4.79 Å². The van der Waals surface area contributed by atoms with Crippen LogP contribution in [0.5, 0.6) is 0 Å². The van der Waals surface area contributed by atoms with Crippen molar-refractivity contribution in [1.29, 1.82) is 5.26 Å². The van der Waals surface area contributed by atoms with Gasteiger partial charge in [0.25, 0.3) is 0 Å². The molecule has 0 spiro atoms. The van der Waals surface area contributed by atoms with Crippen LogP contribution >= 0.6 is 0 Å². The van der Waals surface area contributed by atoms with Gasteiger partial charge in [-0.25, -0.2) is 0 Å². The van der Waals surface area contributed by atoms with Crippen molar-refractivity contribution in [3.63, 3.8) is 0 Å². The van der Waals surface area contributed by atoms with E-state index in [0.717, 1.165) is 11.3 Å². The summed E-state index contributed by atoms with van der Waals surface area (Å²) in [4.78, 5) is 13.9. The van der Waals surface area contributed by atoms with E-state index >= 15 is 0 Å². The van der Waals surface area contributed by atoms with Crippen LogP contribution < -0.4 is 4.90 Å². The molecule has 0 radical (unpaired) electrons. The number of amides is 1. The molecule has 1 amide bonds. The number of carbonyl (C=O) groups excluding carboxylic acids is 1. The van der Waals surface area contributed by atoms with Gasteiger partial charge >= 0.3 is 0 Å². The molecule has 1 unspecified atom stereocenters. The average Bonchev–Trinajstić information content (AvgIpc) is 2.36. The molecule has 0 aliphatic heterocycles. The molecule has 3 nitrogen and oxygen atoms in total. The molecule has 0 fully saturated rings. The lowest BCUT2D eigenvalue weighted by Crippen LogP contribution is -2.39. The third-order valence-corrected chi connectivity index (χ3v) is 3.21. The second-order valence-corrected chi connectivity index (χ2v) is 4.45. The zero-order chi connectivity index (χ0) is 13.1. The predicted molar refractivity (Wildman–Crippen MR) is 68.6 cm³/mol. The summed E-state index contributed by atoms with van der Waals surface area (Å²) >= 11 is 0. The first kappa shape index (κ1) is 13.2. The number of nitrogens with zero attached hydrogens (tertiary/aromatic N) is 2. The molecule has 0 saturated heterocycles. The van der Waals surface area contributed by atoms with Gasteiger partial charge in [-0.1, -0.05) is 25.1 Å². The summed E-state index contributed by atoms with van der Waals surface area (Å²) in [6.45, 7) is 5.49. The number of anilines is 1. The first-order chi connectivity index (χ1) is 7.96. The van der Waals surface area contributed by atoms with Gasteiger partial charge in [-0.2, -0.15) is 5.26 Å². The Hall–Kier alpha value is -1.82. The van der Waals surface area contributed by atoms with Crippen molar-refractivity contribution in [2.24, 2.45) is 5.41 Å². The molecule has 0 saturated carbocycles. The number of carbonyl (C=O) groups is 1. The van der Waals surface area contributed by atoms with E-state index in [2.05, 4.69) is 6.07 Å². The lowest BCUT2D eigenvalue weighted by molar-refractivity contribution is -0.124. The van der Waals surface area contributed by atoms with Crippen molar-refractivity contribution >= 4 is 11.6 Å². The third-order valence-electron chi connectivity index (χ3n) is 3.21. The van der Waals surface area contributed by atoms with Crippen molar-refractivity contribution in [2.75, 3.05) is 11.9 Å². The minimum Gasteiger partial charge on any atom is -0.314 e. The second-order valence-electron chi connectivity index (χ2n) is 4.45. The summed E-state index contributed by atoms with van der Waals surface area (Å²) in [5.74, 6) is -0.156. The standard InChI is InChI=1S/C14H18N2O/c1-5-14(3,10-15)13(17)16(4)12-9-7-6-8-11(12)2/h6-9H,5H2,1-4H3. The first-order valence-electron chi connectivity index (χ1n) is 5.71. The Morgan fingerprint density at radius 3 is 2.53 bits per heavy atom. The molecule has 1 aromatic rings. The molecule has 3 heteroatoms. The summed E-state index contributed by atoms with van der Waals surface area (Å²) in [5, 5.41) is 9.12. The van der Waals surface area contributed by atoms with E-state index in [9.17, 15) is 4.79 Å². The van der Waals surface area contributed by atoms with Crippen LogP contribution in [0.15, 0.2) is 24.3 Å². The minimum absolute atomic E-state index is 0.156. The van der Waals surface area contributed by atoms with Gasteiger partial charge < -0.3 is 4.90 Å². The molecule has 17 heavy (non-hydrogen) atoms. The fraction of sp³-hybridized carbons (Fsp3) is 0.429. The first-order valence-corrected chi connectivity index (χ1v) is 5.71.